The molecule has 0 aliphatic carbocycles. The molecular formula is C13H16Cl2N2O2. The summed E-state index contributed by atoms with van der Waals surface area (Å²) in [7, 11) is 1.80. The number of benzene rings is 1. The number of hydrogen-bond acceptors (Lipinski definition) is 3. The van der Waals surface area contributed by atoms with E-state index in [1.807, 2.05) is 0 Å². The summed E-state index contributed by atoms with van der Waals surface area (Å²) < 4.78 is 5.46. The van der Waals surface area contributed by atoms with Crippen molar-refractivity contribution in [3.63, 3.8) is 0 Å². The summed E-state index contributed by atoms with van der Waals surface area (Å²) in [6.07, 6.45) is 1.60. The Labute approximate surface area is 122 Å². The van der Waals surface area contributed by atoms with Crippen LogP contribution in [0.3, 0.4) is 0 Å². The van der Waals surface area contributed by atoms with Crippen LogP contribution in [0, 0.1) is 0 Å². The molecule has 0 aliphatic heterocycles. The van der Waals surface area contributed by atoms with Gasteiger partial charge in [-0.25, -0.2) is 0 Å². The molecule has 0 aromatic heterocycles. The number of ether oxygens (including phenoxy) is 1. The lowest BCUT2D eigenvalue weighted by molar-refractivity contribution is -0.122. The fourth-order valence-electron chi connectivity index (χ4n) is 1.47. The SMILES string of the molecule is C=CCNC(=O)COc1c(Cl)cc(Cl)cc1CNC. The van der Waals surface area contributed by atoms with Crippen LogP contribution >= 0.6 is 23.2 Å². The molecule has 2 N–H and O–H groups in total. The smallest absolute Gasteiger partial charge is 0.258 e. The first-order chi connectivity index (χ1) is 9.08. The first-order valence-corrected chi connectivity index (χ1v) is 6.47. The normalized spacial score (nSPS) is 10.1. The number of carbonyl (C=O) groups is 1. The number of hydrogen-bond donors (Lipinski definition) is 2. The van der Waals surface area contributed by atoms with E-state index in [4.69, 9.17) is 27.9 Å². The Balaban J connectivity index is 2.76. The number of halogens is 2. The van der Waals surface area contributed by atoms with Crippen molar-refractivity contribution in [2.75, 3.05) is 20.2 Å². The first-order valence-electron chi connectivity index (χ1n) is 5.71. The highest BCUT2D eigenvalue weighted by Gasteiger charge is 2.12. The van der Waals surface area contributed by atoms with Crippen LogP contribution in [0.2, 0.25) is 10.0 Å². The van der Waals surface area contributed by atoms with Gasteiger partial charge in [0, 0.05) is 23.7 Å². The van der Waals surface area contributed by atoms with Crippen LogP contribution in [0.4, 0.5) is 0 Å². The van der Waals surface area contributed by atoms with Crippen LogP contribution < -0.4 is 15.4 Å². The highest BCUT2D eigenvalue weighted by Crippen LogP contribution is 2.32. The van der Waals surface area contributed by atoms with Gasteiger partial charge in [0.1, 0.15) is 5.75 Å². The van der Waals surface area contributed by atoms with Crippen molar-refractivity contribution >= 4 is 29.1 Å². The van der Waals surface area contributed by atoms with Gasteiger partial charge in [0.25, 0.3) is 5.91 Å². The lowest BCUT2D eigenvalue weighted by atomic mass is 10.2. The van der Waals surface area contributed by atoms with E-state index in [0.717, 1.165) is 5.56 Å². The summed E-state index contributed by atoms with van der Waals surface area (Å²) in [6.45, 7) is 4.36. The fraction of sp³-hybridized carbons (Fsp3) is 0.308. The molecule has 104 valence electrons. The standard InChI is InChI=1S/C13H16Cl2N2O2/c1-3-4-17-12(18)8-19-13-9(7-16-2)5-10(14)6-11(13)15/h3,5-6,16H,1,4,7-8H2,2H3,(H,17,18). The average Bonchev–Trinajstić information content (AvgIpc) is 2.35. The highest BCUT2D eigenvalue weighted by molar-refractivity contribution is 6.35. The third-order valence-electron chi connectivity index (χ3n) is 2.24. The maximum Gasteiger partial charge on any atom is 0.258 e. The molecule has 1 aromatic carbocycles. The number of nitrogens with one attached hydrogen (secondary N) is 2. The summed E-state index contributed by atoms with van der Waals surface area (Å²) in [5, 5.41) is 6.52. The average molecular weight is 303 g/mol. The van der Waals surface area contributed by atoms with Crippen molar-refractivity contribution in [3.8, 4) is 5.75 Å². The van der Waals surface area contributed by atoms with Crippen molar-refractivity contribution in [1.82, 2.24) is 10.6 Å². The molecule has 1 amide bonds. The molecule has 0 bridgehead atoms. The van der Waals surface area contributed by atoms with E-state index < -0.39 is 0 Å². The highest BCUT2D eigenvalue weighted by atomic mass is 35.5. The minimum absolute atomic E-state index is 0.105. The second-order valence-electron chi connectivity index (χ2n) is 3.79. The van der Waals surface area contributed by atoms with E-state index in [-0.39, 0.29) is 12.5 Å². The Morgan fingerprint density at radius 1 is 1.47 bits per heavy atom. The third kappa shape index (κ3) is 5.11. The number of rotatable bonds is 7. The van der Waals surface area contributed by atoms with E-state index in [1.54, 1.807) is 25.3 Å². The van der Waals surface area contributed by atoms with Gasteiger partial charge in [-0.1, -0.05) is 29.3 Å². The molecule has 0 saturated carbocycles. The summed E-state index contributed by atoms with van der Waals surface area (Å²) in [4.78, 5) is 11.5. The van der Waals surface area contributed by atoms with Gasteiger partial charge in [-0.15, -0.1) is 6.58 Å². The molecular weight excluding hydrogens is 287 g/mol. The molecule has 0 spiro atoms. The molecule has 6 heteroatoms. The number of amides is 1. The molecule has 0 fully saturated rings. The Morgan fingerprint density at radius 2 is 2.21 bits per heavy atom. The Kier molecular flexibility index (Phi) is 6.70. The Hall–Kier alpha value is -1.23. The predicted octanol–water partition coefficient (Wildman–Crippen LogP) is 2.39. The fourth-order valence-corrected chi connectivity index (χ4v) is 2.06. The first kappa shape index (κ1) is 15.8. The Morgan fingerprint density at radius 3 is 2.84 bits per heavy atom. The second-order valence-corrected chi connectivity index (χ2v) is 4.63. The largest absolute Gasteiger partial charge is 0.482 e. The van der Waals surface area contributed by atoms with Crippen LogP contribution in [-0.2, 0) is 11.3 Å². The van der Waals surface area contributed by atoms with Gasteiger partial charge in [-0.2, -0.15) is 0 Å². The molecule has 0 unspecified atom stereocenters. The molecule has 19 heavy (non-hydrogen) atoms. The molecule has 1 aromatic rings. The van der Waals surface area contributed by atoms with Gasteiger partial charge >= 0.3 is 0 Å². The van der Waals surface area contributed by atoms with E-state index in [2.05, 4.69) is 17.2 Å². The van der Waals surface area contributed by atoms with Crippen molar-refractivity contribution < 1.29 is 9.53 Å². The van der Waals surface area contributed by atoms with E-state index >= 15 is 0 Å². The molecule has 1 rings (SSSR count). The lowest BCUT2D eigenvalue weighted by Crippen LogP contribution is -2.29. The van der Waals surface area contributed by atoms with Gasteiger partial charge < -0.3 is 15.4 Å². The molecule has 0 radical (unpaired) electrons. The van der Waals surface area contributed by atoms with Crippen LogP contribution in [0.1, 0.15) is 5.56 Å². The van der Waals surface area contributed by atoms with E-state index in [1.165, 1.54) is 0 Å². The minimum atomic E-state index is -0.235. The summed E-state index contributed by atoms with van der Waals surface area (Å²) in [5.74, 6) is 0.232. The molecule has 0 saturated heterocycles. The van der Waals surface area contributed by atoms with Gasteiger partial charge in [0.15, 0.2) is 6.61 Å². The van der Waals surface area contributed by atoms with Crippen LogP contribution in [0.5, 0.6) is 5.75 Å². The monoisotopic (exact) mass is 302 g/mol. The minimum Gasteiger partial charge on any atom is -0.482 e. The van der Waals surface area contributed by atoms with Gasteiger partial charge in [-0.3, -0.25) is 4.79 Å². The molecule has 0 atom stereocenters. The third-order valence-corrected chi connectivity index (χ3v) is 2.74. The van der Waals surface area contributed by atoms with Gasteiger partial charge in [-0.05, 0) is 19.2 Å². The maximum atomic E-state index is 11.5. The molecule has 0 heterocycles. The van der Waals surface area contributed by atoms with E-state index in [0.29, 0.717) is 28.9 Å². The van der Waals surface area contributed by atoms with Gasteiger partial charge in [0.2, 0.25) is 0 Å². The van der Waals surface area contributed by atoms with Crippen molar-refractivity contribution in [2.45, 2.75) is 6.54 Å². The van der Waals surface area contributed by atoms with Crippen molar-refractivity contribution in [2.24, 2.45) is 0 Å². The maximum absolute atomic E-state index is 11.5. The zero-order valence-corrected chi connectivity index (χ0v) is 12.1. The lowest BCUT2D eigenvalue weighted by Gasteiger charge is -2.13. The summed E-state index contributed by atoms with van der Waals surface area (Å²) in [5.41, 5.74) is 0.802. The second kappa shape index (κ2) is 8.04. The predicted molar refractivity (Wildman–Crippen MR) is 77.9 cm³/mol. The topological polar surface area (TPSA) is 50.4 Å². The summed E-state index contributed by atoms with van der Waals surface area (Å²) >= 11 is 12.0. The van der Waals surface area contributed by atoms with Crippen LogP contribution in [0.15, 0.2) is 24.8 Å². The summed E-state index contributed by atoms with van der Waals surface area (Å²) in [6, 6.07) is 3.33. The number of carbonyl (C=O) groups excluding carboxylic acids is 1. The van der Waals surface area contributed by atoms with Crippen LogP contribution in [0.25, 0.3) is 0 Å². The molecule has 0 aliphatic rings. The van der Waals surface area contributed by atoms with Crippen molar-refractivity contribution in [1.29, 1.82) is 0 Å². The molecule has 4 nitrogen and oxygen atoms in total. The Bertz CT molecular complexity index is 464. The van der Waals surface area contributed by atoms with Crippen LogP contribution in [-0.4, -0.2) is 26.1 Å². The quantitative estimate of drug-likeness (QED) is 0.761. The van der Waals surface area contributed by atoms with Crippen molar-refractivity contribution in [3.05, 3.63) is 40.4 Å². The van der Waals surface area contributed by atoms with E-state index in [9.17, 15) is 4.79 Å². The zero-order chi connectivity index (χ0) is 14.3. The zero-order valence-electron chi connectivity index (χ0n) is 10.6. The van der Waals surface area contributed by atoms with Gasteiger partial charge in [0.05, 0.1) is 5.02 Å².